The quantitative estimate of drug-likeness (QED) is 0.187. The van der Waals surface area contributed by atoms with Gasteiger partial charge in [0.15, 0.2) is 6.35 Å². The summed E-state index contributed by atoms with van der Waals surface area (Å²) in [6, 6.07) is 3.32. The molecule has 0 spiro atoms. The Morgan fingerprint density at radius 3 is 2.33 bits per heavy atom. The molecule has 228 valence electrons. The van der Waals surface area contributed by atoms with Crippen molar-refractivity contribution in [3.05, 3.63) is 33.9 Å². The summed E-state index contributed by atoms with van der Waals surface area (Å²) in [5, 5.41) is 34.6. The van der Waals surface area contributed by atoms with Crippen molar-refractivity contribution >= 4 is 44.7 Å². The van der Waals surface area contributed by atoms with Crippen LogP contribution in [-0.2, 0) is 11.2 Å². The van der Waals surface area contributed by atoms with Crippen LogP contribution in [0.4, 0.5) is 33.6 Å². The highest BCUT2D eigenvalue weighted by molar-refractivity contribution is 7.15. The van der Waals surface area contributed by atoms with Gasteiger partial charge in [-0.1, -0.05) is 49.0 Å². The molecule has 17 heteroatoms. The molecule has 5 heterocycles. The van der Waals surface area contributed by atoms with Crippen molar-refractivity contribution in [1.82, 2.24) is 30.3 Å². The van der Waals surface area contributed by atoms with Gasteiger partial charge in [-0.3, -0.25) is 4.79 Å². The van der Waals surface area contributed by atoms with Crippen LogP contribution in [0.25, 0.3) is 0 Å². The maximum Gasteiger partial charge on any atom is 0.282 e. The molecule has 1 unspecified atom stereocenters. The van der Waals surface area contributed by atoms with Gasteiger partial charge >= 0.3 is 0 Å². The highest BCUT2D eigenvalue weighted by atomic mass is 32.1. The Morgan fingerprint density at radius 2 is 1.69 bits per heavy atom. The second-order valence-electron chi connectivity index (χ2n) is 10.8. The number of pyridine rings is 1. The van der Waals surface area contributed by atoms with Crippen LogP contribution in [0.1, 0.15) is 60.5 Å². The normalized spacial score (nSPS) is 19.8. The van der Waals surface area contributed by atoms with E-state index in [1.807, 2.05) is 6.92 Å². The maximum absolute atomic E-state index is 13.1. The Bertz CT molecular complexity index is 1360. The standard InChI is InChI=1S/C25H31F4N9O2S2/c1-3-4-16(7-14(2)19-33-36-22(41-19)32-23(40)38-12-25(28,29)13-38)20-34-35-21(42-20)31-18(39)8-15-5-6-17(30-9-15)37-10-24(26,27)11-37/h5-6,9,14,16,23,40H,3-4,7-8,10-13H2,1-2H3,(H,32,36)(H,31,35,39)/t14-,16-,23?/m0/s1. The Balaban J connectivity index is 1.12. The number of likely N-dealkylation sites (tertiary alicyclic amines) is 1. The first-order valence-electron chi connectivity index (χ1n) is 13.5. The predicted molar refractivity (Wildman–Crippen MR) is 150 cm³/mol. The van der Waals surface area contributed by atoms with E-state index in [4.69, 9.17) is 0 Å². The summed E-state index contributed by atoms with van der Waals surface area (Å²) in [7, 11) is 0. The van der Waals surface area contributed by atoms with E-state index in [0.717, 1.165) is 22.9 Å². The van der Waals surface area contributed by atoms with Crippen LogP contribution in [0.5, 0.6) is 0 Å². The van der Waals surface area contributed by atoms with Gasteiger partial charge in [-0.25, -0.2) is 27.4 Å². The average molecular weight is 630 g/mol. The third kappa shape index (κ3) is 7.48. The van der Waals surface area contributed by atoms with Gasteiger partial charge < -0.3 is 20.6 Å². The van der Waals surface area contributed by atoms with Gasteiger partial charge in [-0.15, -0.1) is 20.4 Å². The van der Waals surface area contributed by atoms with Crippen LogP contribution in [0.3, 0.4) is 0 Å². The van der Waals surface area contributed by atoms with Crippen molar-refractivity contribution < 1.29 is 27.5 Å². The number of aromatic nitrogens is 5. The minimum atomic E-state index is -2.78. The fraction of sp³-hybridized carbons (Fsp3) is 0.600. The maximum atomic E-state index is 13.1. The molecule has 0 bridgehead atoms. The van der Waals surface area contributed by atoms with E-state index in [0.29, 0.717) is 28.1 Å². The van der Waals surface area contributed by atoms with Crippen LogP contribution < -0.4 is 15.5 Å². The number of nitrogens with one attached hydrogen (secondary N) is 2. The molecule has 3 atom stereocenters. The van der Waals surface area contributed by atoms with Gasteiger partial charge in [0.25, 0.3) is 11.8 Å². The Labute approximate surface area is 247 Å². The second kappa shape index (κ2) is 12.3. The second-order valence-corrected chi connectivity index (χ2v) is 12.8. The number of rotatable bonds is 13. The SMILES string of the molecule is CCC[C@@H](C[C@H](C)c1nnc(NC(O)N2CC(F)(F)C2)s1)c1nnc(NC(=O)Cc2ccc(N3CC(F)(F)C3)nc2)s1. The molecule has 0 saturated carbocycles. The summed E-state index contributed by atoms with van der Waals surface area (Å²) in [5.74, 6) is -5.24. The summed E-state index contributed by atoms with van der Waals surface area (Å²) in [6.07, 6.45) is 2.75. The number of halogens is 4. The van der Waals surface area contributed by atoms with E-state index in [-0.39, 0.29) is 37.3 Å². The summed E-state index contributed by atoms with van der Waals surface area (Å²) in [6.45, 7) is 2.34. The number of carbonyl (C=O) groups is 1. The Kier molecular flexibility index (Phi) is 8.91. The third-order valence-electron chi connectivity index (χ3n) is 6.98. The zero-order valence-electron chi connectivity index (χ0n) is 22.9. The number of anilines is 3. The molecule has 0 aliphatic carbocycles. The van der Waals surface area contributed by atoms with Crippen LogP contribution in [0.2, 0.25) is 0 Å². The number of hydrogen-bond donors (Lipinski definition) is 3. The van der Waals surface area contributed by atoms with Crippen molar-refractivity contribution in [3.63, 3.8) is 0 Å². The molecule has 2 aliphatic heterocycles. The van der Waals surface area contributed by atoms with Crippen molar-refractivity contribution in [3.8, 4) is 0 Å². The number of aliphatic hydroxyl groups is 1. The van der Waals surface area contributed by atoms with Gasteiger partial charge in [-0.2, -0.15) is 0 Å². The number of nitrogens with zero attached hydrogens (tertiary/aromatic N) is 7. The molecule has 0 aromatic carbocycles. The molecule has 3 aromatic rings. The topological polar surface area (TPSA) is 132 Å². The molecular weight excluding hydrogens is 598 g/mol. The lowest BCUT2D eigenvalue weighted by Gasteiger charge is -2.41. The first-order chi connectivity index (χ1) is 19.9. The van der Waals surface area contributed by atoms with Gasteiger partial charge in [-0.05, 0) is 24.5 Å². The Hall–Kier alpha value is -3.02. The molecular formula is C25H31F4N9O2S2. The van der Waals surface area contributed by atoms with Gasteiger partial charge in [0, 0.05) is 18.0 Å². The molecule has 3 aromatic heterocycles. The van der Waals surface area contributed by atoms with Crippen molar-refractivity contribution in [1.29, 1.82) is 0 Å². The minimum Gasteiger partial charge on any atom is -0.361 e. The predicted octanol–water partition coefficient (Wildman–Crippen LogP) is 4.14. The molecule has 1 amide bonds. The monoisotopic (exact) mass is 629 g/mol. The number of carbonyl (C=O) groups excluding carboxylic acids is 1. The molecule has 3 N–H and O–H groups in total. The first kappa shape index (κ1) is 30.4. The molecule has 11 nitrogen and oxygen atoms in total. The average Bonchev–Trinajstić information content (AvgIpc) is 3.56. The largest absolute Gasteiger partial charge is 0.361 e. The van der Waals surface area contributed by atoms with Crippen LogP contribution in [-0.4, -0.2) is 85.7 Å². The highest BCUT2D eigenvalue weighted by Crippen LogP contribution is 2.37. The smallest absolute Gasteiger partial charge is 0.282 e. The number of hydrogen-bond acceptors (Lipinski definition) is 12. The molecule has 0 radical (unpaired) electrons. The lowest BCUT2D eigenvalue weighted by Crippen LogP contribution is -2.61. The fourth-order valence-electron chi connectivity index (χ4n) is 4.81. The van der Waals surface area contributed by atoms with E-state index in [9.17, 15) is 27.5 Å². The van der Waals surface area contributed by atoms with E-state index >= 15 is 0 Å². The van der Waals surface area contributed by atoms with Crippen LogP contribution >= 0.6 is 22.7 Å². The van der Waals surface area contributed by atoms with Crippen molar-refractivity contribution in [2.75, 3.05) is 41.7 Å². The van der Waals surface area contributed by atoms with Gasteiger partial charge in [0.05, 0.1) is 32.6 Å². The van der Waals surface area contributed by atoms with Gasteiger partial charge in [0.2, 0.25) is 16.2 Å². The zero-order valence-corrected chi connectivity index (χ0v) is 24.6. The van der Waals surface area contributed by atoms with E-state index in [2.05, 4.69) is 42.9 Å². The van der Waals surface area contributed by atoms with E-state index in [1.165, 1.54) is 38.7 Å². The van der Waals surface area contributed by atoms with Crippen molar-refractivity contribution in [2.45, 2.75) is 69.6 Å². The first-order valence-corrected chi connectivity index (χ1v) is 15.1. The van der Waals surface area contributed by atoms with Crippen LogP contribution in [0, 0.1) is 0 Å². The van der Waals surface area contributed by atoms with Crippen LogP contribution in [0.15, 0.2) is 18.3 Å². The van der Waals surface area contributed by atoms with Crippen molar-refractivity contribution in [2.24, 2.45) is 0 Å². The summed E-state index contributed by atoms with van der Waals surface area (Å²) in [5.41, 5.74) is 0.646. The lowest BCUT2D eigenvalue weighted by atomic mass is 9.93. The summed E-state index contributed by atoms with van der Waals surface area (Å²) < 4.78 is 52.3. The number of alkyl halides is 4. The van der Waals surface area contributed by atoms with Gasteiger partial charge in [0.1, 0.15) is 15.8 Å². The lowest BCUT2D eigenvalue weighted by molar-refractivity contribution is -0.176. The fourth-order valence-corrected chi connectivity index (χ4v) is 6.54. The number of amides is 1. The van der Waals surface area contributed by atoms with E-state index in [1.54, 1.807) is 12.1 Å². The number of aliphatic hydroxyl groups excluding tert-OH is 1. The zero-order chi connectivity index (χ0) is 30.1. The summed E-state index contributed by atoms with van der Waals surface area (Å²) >= 11 is 2.57. The molecule has 42 heavy (non-hydrogen) atoms. The Morgan fingerprint density at radius 1 is 1.02 bits per heavy atom. The molecule has 5 rings (SSSR count). The third-order valence-corrected chi connectivity index (χ3v) is 9.07. The molecule has 2 fully saturated rings. The van der Waals surface area contributed by atoms with E-state index < -0.39 is 31.3 Å². The molecule has 2 saturated heterocycles. The molecule has 2 aliphatic rings. The minimum absolute atomic E-state index is 0.0000110. The summed E-state index contributed by atoms with van der Waals surface area (Å²) in [4.78, 5) is 19.5. The highest BCUT2D eigenvalue weighted by Gasteiger charge is 2.47.